The van der Waals surface area contributed by atoms with Gasteiger partial charge in [0.15, 0.2) is 0 Å². The number of benzene rings is 14. The Balaban J connectivity index is 0.996. The molecule has 0 saturated heterocycles. The highest BCUT2D eigenvalue weighted by atomic mass is 32.1. The molecule has 2 nitrogen and oxygen atoms in total. The fourth-order valence-corrected chi connectivity index (χ4v) is 18.3. The van der Waals surface area contributed by atoms with Crippen molar-refractivity contribution in [2.75, 3.05) is 9.80 Å². The largest absolute Gasteiger partial charge is 0.310 e. The van der Waals surface area contributed by atoms with Gasteiger partial charge in [-0.05, 0) is 109 Å². The summed E-state index contributed by atoms with van der Waals surface area (Å²) >= 11 is 5.75. The molecule has 0 spiro atoms. The number of nitrogens with zero attached hydrogens (tertiary/aromatic N) is 2. The number of rotatable bonds is 8. The van der Waals surface area contributed by atoms with Crippen LogP contribution in [0.3, 0.4) is 0 Å². The van der Waals surface area contributed by atoms with Gasteiger partial charge in [-0.3, -0.25) is 0 Å². The highest BCUT2D eigenvalue weighted by molar-refractivity contribution is 7.27. The van der Waals surface area contributed by atoms with Gasteiger partial charge in [0.1, 0.15) is 0 Å². The first kappa shape index (κ1) is 51.4. The van der Waals surface area contributed by atoms with Crippen molar-refractivity contribution in [1.29, 1.82) is 0 Å². The Kier molecular flexibility index (Phi) is 11.7. The summed E-state index contributed by atoms with van der Waals surface area (Å²) in [6.07, 6.45) is 0. The first-order chi connectivity index (χ1) is 44.6. The zero-order valence-corrected chi connectivity index (χ0v) is 51.1. The van der Waals surface area contributed by atoms with Crippen molar-refractivity contribution in [3.05, 3.63) is 309 Å². The molecular formula is C84H51BN2S3. The van der Waals surface area contributed by atoms with Crippen LogP contribution in [0.25, 0.3) is 127 Å². The molecule has 2 aliphatic heterocycles. The summed E-state index contributed by atoms with van der Waals surface area (Å²) in [7, 11) is 0. The van der Waals surface area contributed by atoms with E-state index in [1.54, 1.807) is 0 Å². The minimum absolute atomic E-state index is 0.165. The maximum atomic E-state index is 2.76. The molecule has 0 bridgehead atoms. The molecule has 418 valence electrons. The molecule has 0 amide bonds. The molecule has 0 radical (unpaired) electrons. The first-order valence-electron chi connectivity index (χ1n) is 30.8. The van der Waals surface area contributed by atoms with Crippen LogP contribution >= 0.6 is 34.0 Å². The predicted octanol–water partition coefficient (Wildman–Crippen LogP) is 22.9. The summed E-state index contributed by atoms with van der Waals surface area (Å²) in [5.41, 5.74) is 25.1. The summed E-state index contributed by atoms with van der Waals surface area (Å²) in [6, 6.07) is 116. The van der Waals surface area contributed by atoms with E-state index in [1.807, 2.05) is 34.0 Å². The van der Waals surface area contributed by atoms with Gasteiger partial charge in [-0.15, -0.1) is 34.0 Å². The molecule has 0 aliphatic carbocycles. The zero-order chi connectivity index (χ0) is 59.0. The van der Waals surface area contributed by atoms with Crippen LogP contribution in [0.4, 0.5) is 34.1 Å². The molecule has 0 fully saturated rings. The van der Waals surface area contributed by atoms with E-state index in [9.17, 15) is 0 Å². The maximum absolute atomic E-state index is 2.76. The van der Waals surface area contributed by atoms with E-state index < -0.39 is 0 Å². The van der Waals surface area contributed by atoms with E-state index in [4.69, 9.17) is 0 Å². The molecule has 17 aromatic rings. The van der Waals surface area contributed by atoms with Crippen molar-refractivity contribution >= 4 is 152 Å². The van der Waals surface area contributed by atoms with Crippen LogP contribution in [0.2, 0.25) is 0 Å². The van der Waals surface area contributed by atoms with Gasteiger partial charge in [0.05, 0.1) is 21.8 Å². The van der Waals surface area contributed by atoms with Gasteiger partial charge in [-0.2, -0.15) is 0 Å². The lowest BCUT2D eigenvalue weighted by Crippen LogP contribution is -2.61. The Labute approximate surface area is 533 Å². The quantitative estimate of drug-likeness (QED) is 0.140. The molecule has 6 heteroatoms. The number of hydrogen-bond donors (Lipinski definition) is 0. The van der Waals surface area contributed by atoms with Crippen molar-refractivity contribution in [2.45, 2.75) is 0 Å². The third-order valence-electron chi connectivity index (χ3n) is 18.9. The summed E-state index contributed by atoms with van der Waals surface area (Å²) < 4.78 is 7.70. The highest BCUT2D eigenvalue weighted by Gasteiger charge is 2.47. The van der Waals surface area contributed by atoms with Crippen LogP contribution < -0.4 is 26.2 Å². The fraction of sp³-hybridized carbons (Fsp3) is 0. The second kappa shape index (κ2) is 20.5. The van der Waals surface area contributed by atoms with Gasteiger partial charge in [0.25, 0.3) is 6.71 Å². The van der Waals surface area contributed by atoms with Crippen molar-refractivity contribution in [2.24, 2.45) is 0 Å². The van der Waals surface area contributed by atoms with Gasteiger partial charge in [0.2, 0.25) is 0 Å². The van der Waals surface area contributed by atoms with Crippen LogP contribution in [-0.2, 0) is 0 Å². The van der Waals surface area contributed by atoms with Gasteiger partial charge >= 0.3 is 0 Å². The topological polar surface area (TPSA) is 6.48 Å². The molecule has 2 aliphatic rings. The third kappa shape index (κ3) is 7.95. The summed E-state index contributed by atoms with van der Waals surface area (Å²) in [5, 5.41) is 7.60. The monoisotopic (exact) mass is 1190 g/mol. The SMILES string of the molecule is c1ccc(-c2ccc(-c3cccc(-c4ccc(-c5ccccc5)cc4)c3N3c4cc5c(cc4B4c6cc7sc8ccccc8c7cc6N(c6c(-c7ccccc7)cccc6-c6ccccc6)c6cc7c(sc8ccccc87)c3c64)sc3ccccc35)cc2)cc1. The average Bonchev–Trinajstić information content (AvgIpc) is 1.22. The Morgan fingerprint density at radius 3 is 1.01 bits per heavy atom. The van der Waals surface area contributed by atoms with Crippen molar-refractivity contribution < 1.29 is 0 Å². The van der Waals surface area contributed by atoms with E-state index >= 15 is 0 Å². The van der Waals surface area contributed by atoms with Crippen molar-refractivity contribution in [1.82, 2.24) is 0 Å². The highest BCUT2D eigenvalue weighted by Crippen LogP contribution is 2.57. The summed E-state index contributed by atoms with van der Waals surface area (Å²) in [6.45, 7) is -0.165. The molecule has 0 N–H and O–H groups in total. The Bertz CT molecular complexity index is 5560. The van der Waals surface area contributed by atoms with Gasteiger partial charge in [-0.1, -0.05) is 261 Å². The number of anilines is 6. The first-order valence-corrected chi connectivity index (χ1v) is 33.3. The predicted molar refractivity (Wildman–Crippen MR) is 392 cm³/mol. The Morgan fingerprint density at radius 2 is 0.556 bits per heavy atom. The lowest BCUT2D eigenvalue weighted by Gasteiger charge is -2.46. The standard InChI is InChI=1S/C84H51BN2S3/c1-5-21-52(22-6-1)54-39-43-58(44-40-54)62-34-20-35-63(59-45-41-55(42-46-59)53-23-7-2-8-24-53)82(62)87-73-48-68-65-30-14-17-37-76(65)89-79(68)51-71(73)85-70-50-78-67(64-29-13-16-36-75(64)88-78)47-72(70)86(74-49-69-66-31-15-18-38-77(66)90-84(69)83(87)80(74)85)81-60(56-25-9-3-10-26-56)32-19-33-61(81)57-27-11-4-12-28-57/h1-51H. The number of fused-ring (bicyclic) bond motifs is 14. The van der Waals surface area contributed by atoms with Gasteiger partial charge < -0.3 is 9.80 Å². The van der Waals surface area contributed by atoms with E-state index in [-0.39, 0.29) is 6.71 Å². The Morgan fingerprint density at radius 1 is 0.222 bits per heavy atom. The van der Waals surface area contributed by atoms with Crippen molar-refractivity contribution in [3.63, 3.8) is 0 Å². The lowest BCUT2D eigenvalue weighted by atomic mass is 9.33. The summed E-state index contributed by atoms with van der Waals surface area (Å²) in [5.74, 6) is 0. The minimum Gasteiger partial charge on any atom is -0.310 e. The van der Waals surface area contributed by atoms with Crippen LogP contribution in [0.15, 0.2) is 309 Å². The van der Waals surface area contributed by atoms with Crippen LogP contribution in [0.5, 0.6) is 0 Å². The molecule has 5 heterocycles. The second-order valence-corrected chi connectivity index (χ2v) is 27.0. The molecule has 19 rings (SSSR count). The zero-order valence-electron chi connectivity index (χ0n) is 48.6. The average molecular weight is 1200 g/mol. The van der Waals surface area contributed by atoms with Crippen LogP contribution in [0, 0.1) is 0 Å². The Hall–Kier alpha value is -10.6. The second-order valence-electron chi connectivity index (χ2n) is 23.8. The van der Waals surface area contributed by atoms with Gasteiger partial charge in [-0.25, -0.2) is 0 Å². The van der Waals surface area contributed by atoms with Crippen LogP contribution in [-0.4, -0.2) is 6.71 Å². The maximum Gasteiger partial charge on any atom is 0.252 e. The van der Waals surface area contributed by atoms with Crippen molar-refractivity contribution in [3.8, 4) is 66.8 Å². The lowest BCUT2D eigenvalue weighted by molar-refractivity contribution is 1.27. The number of hydrogen-bond acceptors (Lipinski definition) is 5. The van der Waals surface area contributed by atoms with E-state index in [0.717, 1.165) is 33.6 Å². The van der Waals surface area contributed by atoms with E-state index in [2.05, 4.69) is 319 Å². The molecular weight excluding hydrogens is 1140 g/mol. The molecule has 90 heavy (non-hydrogen) atoms. The molecule has 0 unspecified atom stereocenters. The third-order valence-corrected chi connectivity index (χ3v) is 22.3. The fourth-order valence-electron chi connectivity index (χ4n) is 14.8. The van der Waals surface area contributed by atoms with Crippen LogP contribution in [0.1, 0.15) is 0 Å². The van der Waals surface area contributed by atoms with Gasteiger partial charge in [0, 0.05) is 95.1 Å². The molecule has 14 aromatic carbocycles. The smallest absolute Gasteiger partial charge is 0.252 e. The molecule has 0 atom stereocenters. The number of para-hydroxylation sites is 2. The summed E-state index contributed by atoms with van der Waals surface area (Å²) in [4.78, 5) is 5.48. The molecule has 0 saturated carbocycles. The van der Waals surface area contributed by atoms with E-state index in [0.29, 0.717) is 0 Å². The number of thiophene rings is 3. The normalized spacial score (nSPS) is 12.6. The molecule has 3 aromatic heterocycles. The van der Waals surface area contributed by atoms with E-state index in [1.165, 1.54) is 144 Å². The minimum atomic E-state index is -0.165.